The maximum absolute atomic E-state index is 8.56. The van der Waals surface area contributed by atoms with E-state index in [-0.39, 0.29) is 12.6 Å². The third-order valence-electron chi connectivity index (χ3n) is 2.54. The van der Waals surface area contributed by atoms with Crippen molar-refractivity contribution in [1.29, 1.82) is 0 Å². The quantitative estimate of drug-likeness (QED) is 0.672. The smallest absolute Gasteiger partial charge is 0.124 e. The molecule has 0 fully saturated rings. The Balaban J connectivity index is 2.46. The Morgan fingerprint density at radius 1 is 1.24 bits per heavy atom. The molecule has 0 saturated heterocycles. The summed E-state index contributed by atoms with van der Waals surface area (Å²) < 4.78 is 10.8. The SMILES string of the molecule is CNC(C)c1ccccc1OCCOCCO. The normalized spacial score (nSPS) is 12.4. The first kappa shape index (κ1) is 14.0. The lowest BCUT2D eigenvalue weighted by molar-refractivity contribution is 0.0702. The Labute approximate surface area is 103 Å². The summed E-state index contributed by atoms with van der Waals surface area (Å²) in [5.41, 5.74) is 1.14. The van der Waals surface area contributed by atoms with Gasteiger partial charge in [-0.1, -0.05) is 18.2 Å². The third-order valence-corrected chi connectivity index (χ3v) is 2.54. The molecule has 0 aliphatic heterocycles. The number of aliphatic hydroxyl groups is 1. The molecule has 2 N–H and O–H groups in total. The van der Waals surface area contributed by atoms with E-state index in [2.05, 4.69) is 12.2 Å². The molecule has 4 nitrogen and oxygen atoms in total. The van der Waals surface area contributed by atoms with Crippen LogP contribution < -0.4 is 10.1 Å². The van der Waals surface area contributed by atoms with Crippen LogP contribution in [0.5, 0.6) is 5.75 Å². The van der Waals surface area contributed by atoms with Crippen LogP contribution in [0.2, 0.25) is 0 Å². The van der Waals surface area contributed by atoms with Crippen molar-refractivity contribution in [1.82, 2.24) is 5.32 Å². The molecule has 1 atom stereocenters. The molecule has 0 bridgehead atoms. The number of benzene rings is 1. The van der Waals surface area contributed by atoms with E-state index in [9.17, 15) is 0 Å². The summed E-state index contributed by atoms with van der Waals surface area (Å²) in [6.07, 6.45) is 0. The third kappa shape index (κ3) is 4.73. The van der Waals surface area contributed by atoms with Crippen LogP contribution in [0.15, 0.2) is 24.3 Å². The van der Waals surface area contributed by atoms with Gasteiger partial charge < -0.3 is 19.9 Å². The lowest BCUT2D eigenvalue weighted by Gasteiger charge is -2.16. The van der Waals surface area contributed by atoms with Crippen molar-refractivity contribution in [3.63, 3.8) is 0 Å². The van der Waals surface area contributed by atoms with Crippen LogP contribution in [0, 0.1) is 0 Å². The molecule has 96 valence electrons. The van der Waals surface area contributed by atoms with Gasteiger partial charge in [0.25, 0.3) is 0 Å². The minimum Gasteiger partial charge on any atom is -0.491 e. The number of aliphatic hydroxyl groups excluding tert-OH is 1. The summed E-state index contributed by atoms with van der Waals surface area (Å²) in [6.45, 7) is 3.48. The minimum absolute atomic E-state index is 0.0490. The van der Waals surface area contributed by atoms with E-state index < -0.39 is 0 Å². The van der Waals surface area contributed by atoms with Gasteiger partial charge in [0.2, 0.25) is 0 Å². The summed E-state index contributed by atoms with van der Waals surface area (Å²) in [6, 6.07) is 8.21. The van der Waals surface area contributed by atoms with Crippen LogP contribution in [0.25, 0.3) is 0 Å². The number of ether oxygens (including phenoxy) is 2. The van der Waals surface area contributed by atoms with Gasteiger partial charge in [0, 0.05) is 11.6 Å². The first-order chi connectivity index (χ1) is 8.29. The van der Waals surface area contributed by atoms with Crippen LogP contribution in [-0.4, -0.2) is 38.6 Å². The first-order valence-electron chi connectivity index (χ1n) is 5.87. The maximum atomic E-state index is 8.56. The molecule has 0 radical (unpaired) electrons. The fraction of sp³-hybridized carbons (Fsp3) is 0.538. The van der Waals surface area contributed by atoms with Gasteiger partial charge in [0.15, 0.2) is 0 Å². The molecular weight excluding hydrogens is 218 g/mol. The molecular formula is C13H21NO3. The van der Waals surface area contributed by atoms with Gasteiger partial charge in [-0.3, -0.25) is 0 Å². The second-order valence-corrected chi connectivity index (χ2v) is 3.73. The number of rotatable bonds is 8. The minimum atomic E-state index is 0.0490. The largest absolute Gasteiger partial charge is 0.491 e. The number of hydrogen-bond donors (Lipinski definition) is 2. The van der Waals surface area contributed by atoms with E-state index in [1.165, 1.54) is 0 Å². The van der Waals surface area contributed by atoms with Crippen molar-refractivity contribution < 1.29 is 14.6 Å². The monoisotopic (exact) mass is 239 g/mol. The van der Waals surface area contributed by atoms with Gasteiger partial charge in [0.1, 0.15) is 12.4 Å². The number of hydrogen-bond acceptors (Lipinski definition) is 4. The van der Waals surface area contributed by atoms with Crippen molar-refractivity contribution >= 4 is 0 Å². The lowest BCUT2D eigenvalue weighted by Crippen LogP contribution is -2.15. The van der Waals surface area contributed by atoms with E-state index in [0.29, 0.717) is 19.8 Å². The predicted octanol–water partition coefficient (Wildman–Crippen LogP) is 1.35. The van der Waals surface area contributed by atoms with E-state index in [1.807, 2.05) is 31.3 Å². The maximum Gasteiger partial charge on any atom is 0.124 e. The van der Waals surface area contributed by atoms with Crippen LogP contribution >= 0.6 is 0 Å². The highest BCUT2D eigenvalue weighted by atomic mass is 16.5. The fourth-order valence-electron chi connectivity index (χ4n) is 1.50. The van der Waals surface area contributed by atoms with E-state index in [4.69, 9.17) is 14.6 Å². The zero-order chi connectivity index (χ0) is 12.5. The fourth-order valence-corrected chi connectivity index (χ4v) is 1.50. The second kappa shape index (κ2) is 8.06. The highest BCUT2D eigenvalue weighted by Crippen LogP contribution is 2.24. The van der Waals surface area contributed by atoms with Crippen molar-refractivity contribution in [3.8, 4) is 5.75 Å². The molecule has 4 heteroatoms. The highest BCUT2D eigenvalue weighted by Gasteiger charge is 2.08. The Bertz CT molecular complexity index is 317. The van der Waals surface area contributed by atoms with E-state index in [0.717, 1.165) is 11.3 Å². The summed E-state index contributed by atoms with van der Waals surface area (Å²) >= 11 is 0. The van der Waals surface area contributed by atoms with Crippen molar-refractivity contribution in [3.05, 3.63) is 29.8 Å². The molecule has 1 aromatic rings. The lowest BCUT2D eigenvalue weighted by atomic mass is 10.1. The molecule has 0 saturated carbocycles. The first-order valence-corrected chi connectivity index (χ1v) is 5.87. The molecule has 0 amide bonds. The van der Waals surface area contributed by atoms with Gasteiger partial charge in [-0.25, -0.2) is 0 Å². The molecule has 1 unspecified atom stereocenters. The molecule has 17 heavy (non-hydrogen) atoms. The molecule has 0 spiro atoms. The van der Waals surface area contributed by atoms with Gasteiger partial charge >= 0.3 is 0 Å². The van der Waals surface area contributed by atoms with E-state index in [1.54, 1.807) is 0 Å². The second-order valence-electron chi connectivity index (χ2n) is 3.73. The summed E-state index contributed by atoms with van der Waals surface area (Å²) in [4.78, 5) is 0. The van der Waals surface area contributed by atoms with Crippen molar-refractivity contribution in [2.45, 2.75) is 13.0 Å². The highest BCUT2D eigenvalue weighted by molar-refractivity contribution is 5.35. The number of para-hydroxylation sites is 1. The van der Waals surface area contributed by atoms with Crippen LogP contribution in [0.4, 0.5) is 0 Å². The molecule has 1 aromatic carbocycles. The molecule has 0 heterocycles. The van der Waals surface area contributed by atoms with Crippen LogP contribution in [0.3, 0.4) is 0 Å². The topological polar surface area (TPSA) is 50.7 Å². The van der Waals surface area contributed by atoms with E-state index >= 15 is 0 Å². The van der Waals surface area contributed by atoms with Gasteiger partial charge in [-0.15, -0.1) is 0 Å². The summed E-state index contributed by atoms with van der Waals surface area (Å²) in [5, 5.41) is 11.7. The Morgan fingerprint density at radius 2 is 2.00 bits per heavy atom. The Morgan fingerprint density at radius 3 is 2.71 bits per heavy atom. The van der Waals surface area contributed by atoms with Crippen LogP contribution in [-0.2, 0) is 4.74 Å². The van der Waals surface area contributed by atoms with Crippen molar-refractivity contribution in [2.75, 3.05) is 33.5 Å². The average molecular weight is 239 g/mol. The molecule has 1 rings (SSSR count). The Kier molecular flexibility index (Phi) is 6.62. The van der Waals surface area contributed by atoms with Crippen LogP contribution in [0.1, 0.15) is 18.5 Å². The standard InChI is InChI=1S/C13H21NO3/c1-11(14-2)12-5-3-4-6-13(12)17-10-9-16-8-7-15/h3-6,11,14-15H,7-10H2,1-2H3. The van der Waals surface area contributed by atoms with Gasteiger partial charge in [0.05, 0.1) is 19.8 Å². The summed E-state index contributed by atoms with van der Waals surface area (Å²) in [7, 11) is 1.92. The summed E-state index contributed by atoms with van der Waals surface area (Å²) in [5.74, 6) is 0.877. The molecule has 0 aliphatic carbocycles. The number of nitrogens with one attached hydrogen (secondary N) is 1. The zero-order valence-electron chi connectivity index (χ0n) is 10.5. The molecule has 0 aliphatic rings. The van der Waals surface area contributed by atoms with Crippen molar-refractivity contribution in [2.24, 2.45) is 0 Å². The van der Waals surface area contributed by atoms with Gasteiger partial charge in [-0.05, 0) is 20.0 Å². The van der Waals surface area contributed by atoms with Gasteiger partial charge in [-0.2, -0.15) is 0 Å². The zero-order valence-corrected chi connectivity index (χ0v) is 10.5. The predicted molar refractivity (Wildman–Crippen MR) is 67.3 cm³/mol. The average Bonchev–Trinajstić information content (AvgIpc) is 2.38. The molecule has 0 aromatic heterocycles. The Hall–Kier alpha value is -1.10.